The van der Waals surface area contributed by atoms with Crippen LogP contribution >= 0.6 is 0 Å². The lowest BCUT2D eigenvalue weighted by molar-refractivity contribution is -0.147. The fraction of sp³-hybridized carbons (Fsp3) is 0.318. The lowest BCUT2D eigenvalue weighted by Gasteiger charge is -2.24. The molecule has 158 valence electrons. The van der Waals surface area contributed by atoms with Gasteiger partial charge in [0.25, 0.3) is 0 Å². The number of rotatable bonds is 6. The molecule has 8 nitrogen and oxygen atoms in total. The maximum Gasteiger partial charge on any atom is 0.394 e. The topological polar surface area (TPSA) is 125 Å². The van der Waals surface area contributed by atoms with Gasteiger partial charge in [0.1, 0.15) is 17.2 Å². The van der Waals surface area contributed by atoms with Gasteiger partial charge < -0.3 is 25.6 Å². The Hall–Kier alpha value is -3.55. The summed E-state index contributed by atoms with van der Waals surface area (Å²) < 4.78 is 5.95. The Morgan fingerprint density at radius 2 is 1.73 bits per heavy atom. The van der Waals surface area contributed by atoms with Gasteiger partial charge in [-0.05, 0) is 68.0 Å². The van der Waals surface area contributed by atoms with Crippen molar-refractivity contribution in [1.82, 2.24) is 0 Å². The second-order valence-electron chi connectivity index (χ2n) is 7.53. The van der Waals surface area contributed by atoms with E-state index in [0.717, 1.165) is 19.3 Å². The molecule has 3 rings (SSSR count). The summed E-state index contributed by atoms with van der Waals surface area (Å²) in [5.74, 6) is -1.52. The van der Waals surface area contributed by atoms with Crippen molar-refractivity contribution in [2.24, 2.45) is 5.92 Å². The van der Waals surface area contributed by atoms with E-state index >= 15 is 0 Å². The number of nitrogens with one attached hydrogen (secondary N) is 2. The van der Waals surface area contributed by atoms with Crippen LogP contribution in [0.15, 0.2) is 30.3 Å². The van der Waals surface area contributed by atoms with Crippen LogP contribution in [0, 0.1) is 19.8 Å². The summed E-state index contributed by atoms with van der Waals surface area (Å²) in [6, 6.07) is 7.78. The van der Waals surface area contributed by atoms with Gasteiger partial charge in [-0.2, -0.15) is 0 Å². The van der Waals surface area contributed by atoms with Gasteiger partial charge in [0.2, 0.25) is 5.91 Å². The lowest BCUT2D eigenvalue weighted by atomic mass is 9.83. The molecule has 0 radical (unpaired) electrons. The molecule has 0 atom stereocenters. The van der Waals surface area contributed by atoms with Crippen LogP contribution in [-0.4, -0.2) is 28.0 Å². The van der Waals surface area contributed by atoms with Gasteiger partial charge in [0, 0.05) is 18.2 Å². The Balaban J connectivity index is 1.74. The normalized spacial score (nSPS) is 13.3. The van der Waals surface area contributed by atoms with Crippen LogP contribution in [0.25, 0.3) is 0 Å². The molecule has 0 spiro atoms. The quantitative estimate of drug-likeness (QED) is 0.420. The molecule has 1 saturated carbocycles. The first-order valence-electron chi connectivity index (χ1n) is 9.69. The van der Waals surface area contributed by atoms with E-state index in [4.69, 9.17) is 9.84 Å². The molecule has 30 heavy (non-hydrogen) atoms. The van der Waals surface area contributed by atoms with E-state index in [1.807, 2.05) is 0 Å². The number of amides is 2. The fourth-order valence-electron chi connectivity index (χ4n) is 3.32. The molecule has 0 aliphatic heterocycles. The Morgan fingerprint density at radius 3 is 2.30 bits per heavy atom. The van der Waals surface area contributed by atoms with Crippen molar-refractivity contribution >= 4 is 29.2 Å². The number of benzene rings is 2. The maximum atomic E-state index is 12.2. The average Bonchev–Trinajstić information content (AvgIpc) is 2.63. The lowest BCUT2D eigenvalue weighted by Crippen LogP contribution is -2.21. The number of hydrogen-bond acceptors (Lipinski definition) is 5. The smallest absolute Gasteiger partial charge is 0.394 e. The van der Waals surface area contributed by atoms with E-state index in [1.165, 1.54) is 6.07 Å². The van der Waals surface area contributed by atoms with Gasteiger partial charge >= 0.3 is 11.9 Å². The molecule has 0 aromatic heterocycles. The van der Waals surface area contributed by atoms with Gasteiger partial charge in [0.15, 0.2) is 0 Å². The van der Waals surface area contributed by atoms with Crippen molar-refractivity contribution < 1.29 is 29.3 Å². The zero-order valence-electron chi connectivity index (χ0n) is 16.8. The predicted octanol–water partition coefficient (Wildman–Crippen LogP) is 3.95. The molecule has 1 aliphatic carbocycles. The Bertz CT molecular complexity index is 974. The molecular formula is C22H24N2O6. The summed E-state index contributed by atoms with van der Waals surface area (Å²) >= 11 is 0. The van der Waals surface area contributed by atoms with Gasteiger partial charge in [-0.3, -0.25) is 9.59 Å². The number of carbonyl (C=O) groups is 3. The van der Waals surface area contributed by atoms with Crippen molar-refractivity contribution in [3.63, 3.8) is 0 Å². The van der Waals surface area contributed by atoms with Gasteiger partial charge in [0.05, 0.1) is 5.69 Å². The third-order valence-corrected chi connectivity index (χ3v) is 5.07. The summed E-state index contributed by atoms with van der Waals surface area (Å²) in [6.45, 7) is 3.53. The van der Waals surface area contributed by atoms with E-state index in [2.05, 4.69) is 10.6 Å². The number of carboxylic acids is 1. The number of anilines is 2. The molecule has 2 amide bonds. The Morgan fingerprint density at radius 1 is 1.07 bits per heavy atom. The summed E-state index contributed by atoms with van der Waals surface area (Å²) in [7, 11) is 0. The van der Waals surface area contributed by atoms with Crippen LogP contribution in [0.3, 0.4) is 0 Å². The number of phenols is 1. The van der Waals surface area contributed by atoms with Gasteiger partial charge in [-0.25, -0.2) is 4.79 Å². The Labute approximate surface area is 173 Å². The minimum absolute atomic E-state index is 0.0514. The maximum absolute atomic E-state index is 12.2. The van der Waals surface area contributed by atoms with Crippen LogP contribution in [0.5, 0.6) is 17.2 Å². The molecule has 2 aromatic carbocycles. The second-order valence-corrected chi connectivity index (χ2v) is 7.53. The first kappa shape index (κ1) is 21.2. The number of aryl methyl sites for hydroxylation is 2. The van der Waals surface area contributed by atoms with Gasteiger partial charge in [-0.1, -0.05) is 6.42 Å². The third-order valence-electron chi connectivity index (χ3n) is 5.07. The zero-order chi connectivity index (χ0) is 21.8. The monoisotopic (exact) mass is 412 g/mol. The molecule has 1 aliphatic rings. The molecule has 0 bridgehead atoms. The van der Waals surface area contributed by atoms with Crippen molar-refractivity contribution in [2.45, 2.75) is 39.5 Å². The molecule has 0 heterocycles. The Kier molecular flexibility index (Phi) is 6.25. The first-order valence-corrected chi connectivity index (χ1v) is 9.69. The van der Waals surface area contributed by atoms with E-state index in [1.54, 1.807) is 38.1 Å². The second kappa shape index (κ2) is 8.86. The minimum Gasteiger partial charge on any atom is -0.506 e. The number of aliphatic carboxylic acids is 1. The van der Waals surface area contributed by atoms with Crippen molar-refractivity contribution in [3.8, 4) is 17.2 Å². The molecule has 1 fully saturated rings. The summed E-state index contributed by atoms with van der Waals surface area (Å²) in [6.07, 6.45) is 3.71. The molecule has 0 unspecified atom stereocenters. The first-order chi connectivity index (χ1) is 14.2. The highest BCUT2D eigenvalue weighted by atomic mass is 16.5. The van der Waals surface area contributed by atoms with Crippen LogP contribution in [0.1, 0.15) is 36.8 Å². The zero-order valence-corrected chi connectivity index (χ0v) is 16.8. The van der Waals surface area contributed by atoms with Crippen molar-refractivity contribution in [1.29, 1.82) is 0 Å². The van der Waals surface area contributed by atoms with Crippen molar-refractivity contribution in [2.75, 3.05) is 10.6 Å². The number of aromatic hydroxyl groups is 1. The highest BCUT2D eigenvalue weighted by molar-refractivity contribution is 6.36. The van der Waals surface area contributed by atoms with E-state index in [0.29, 0.717) is 40.7 Å². The van der Waals surface area contributed by atoms with Crippen LogP contribution in [0.2, 0.25) is 0 Å². The molecule has 0 saturated heterocycles. The summed E-state index contributed by atoms with van der Waals surface area (Å²) in [5.41, 5.74) is 1.98. The largest absolute Gasteiger partial charge is 0.506 e. The SMILES string of the molecule is Cc1cc(NC(=O)C(=O)O)cc(C)c1Oc1ccc(O)c(NC(=O)CC2CCC2)c1. The van der Waals surface area contributed by atoms with Gasteiger partial charge in [-0.15, -0.1) is 0 Å². The average molecular weight is 412 g/mol. The highest BCUT2D eigenvalue weighted by Gasteiger charge is 2.21. The molecule has 4 N–H and O–H groups in total. The number of carbonyl (C=O) groups excluding carboxylic acids is 2. The van der Waals surface area contributed by atoms with Crippen LogP contribution < -0.4 is 15.4 Å². The van der Waals surface area contributed by atoms with E-state index < -0.39 is 11.9 Å². The van der Waals surface area contributed by atoms with Crippen LogP contribution in [0.4, 0.5) is 11.4 Å². The number of hydrogen-bond donors (Lipinski definition) is 4. The predicted molar refractivity (Wildman–Crippen MR) is 111 cm³/mol. The number of carboxylic acid groups (broad SMARTS) is 1. The third kappa shape index (κ3) is 5.08. The molecule has 2 aromatic rings. The van der Waals surface area contributed by atoms with Crippen molar-refractivity contribution in [3.05, 3.63) is 41.5 Å². The highest BCUT2D eigenvalue weighted by Crippen LogP contribution is 2.35. The van der Waals surface area contributed by atoms with E-state index in [9.17, 15) is 19.5 Å². The summed E-state index contributed by atoms with van der Waals surface area (Å²) in [5, 5.41) is 23.8. The molecular weight excluding hydrogens is 388 g/mol. The standard InChI is InChI=1S/C22H24N2O6/c1-12-8-15(23-21(27)22(28)29)9-13(2)20(12)30-16-6-7-18(25)17(11-16)24-19(26)10-14-4-3-5-14/h6-9,11,14,25H,3-5,10H2,1-2H3,(H,23,27)(H,24,26)(H,28,29). The summed E-state index contributed by atoms with van der Waals surface area (Å²) in [4.78, 5) is 34.2. The number of phenolic OH excluding ortho intramolecular Hbond substituents is 1. The molecule has 8 heteroatoms. The van der Waals surface area contributed by atoms with E-state index in [-0.39, 0.29) is 17.3 Å². The van der Waals surface area contributed by atoms with Crippen LogP contribution in [-0.2, 0) is 14.4 Å². The fourth-order valence-corrected chi connectivity index (χ4v) is 3.32. The minimum atomic E-state index is -1.57. The number of ether oxygens (including phenoxy) is 1.